The third-order valence-electron chi connectivity index (χ3n) is 2.83. The second-order valence-electron chi connectivity index (χ2n) is 4.36. The molecule has 1 N–H and O–H groups in total. The van der Waals surface area contributed by atoms with Gasteiger partial charge in [-0.3, -0.25) is 4.79 Å². The Labute approximate surface area is 121 Å². The predicted octanol–water partition coefficient (Wildman–Crippen LogP) is 1.32. The van der Waals surface area contributed by atoms with Crippen LogP contribution in [0.3, 0.4) is 0 Å². The molecule has 112 valence electrons. The second-order valence-corrected chi connectivity index (χ2v) is 4.36. The molecule has 0 aliphatic carbocycles. The van der Waals surface area contributed by atoms with Gasteiger partial charge >= 0.3 is 18.0 Å². The largest absolute Gasteiger partial charge is 0.463 e. The highest BCUT2D eigenvalue weighted by molar-refractivity contribution is 5.83. The first kappa shape index (κ1) is 14.8. The summed E-state index contributed by atoms with van der Waals surface area (Å²) in [5.74, 6) is -0.654. The number of benzene rings is 1. The molecule has 2 rings (SSSR count). The minimum absolute atomic E-state index is 0.199. The molecule has 1 amide bonds. The van der Waals surface area contributed by atoms with Gasteiger partial charge < -0.3 is 19.5 Å². The molecule has 0 saturated carbocycles. The van der Waals surface area contributed by atoms with Gasteiger partial charge in [-0.15, -0.1) is 0 Å². The number of amides is 1. The Hall–Kier alpha value is -2.57. The molecule has 7 nitrogen and oxygen atoms in total. The summed E-state index contributed by atoms with van der Waals surface area (Å²) >= 11 is 0. The number of alkyl carbamates (subject to hydrolysis) is 1. The van der Waals surface area contributed by atoms with Crippen LogP contribution in [0.4, 0.5) is 4.79 Å². The Kier molecular flexibility index (Phi) is 4.42. The predicted molar refractivity (Wildman–Crippen MR) is 70.5 cm³/mol. The van der Waals surface area contributed by atoms with Crippen molar-refractivity contribution in [3.8, 4) is 5.75 Å². The van der Waals surface area contributed by atoms with Crippen LogP contribution in [0.1, 0.15) is 25.5 Å². The van der Waals surface area contributed by atoms with Crippen LogP contribution in [-0.2, 0) is 19.1 Å². The number of nitrogens with one attached hydrogen (secondary N) is 1. The second kappa shape index (κ2) is 6.25. The van der Waals surface area contributed by atoms with E-state index in [0.717, 1.165) is 0 Å². The van der Waals surface area contributed by atoms with Gasteiger partial charge in [0.25, 0.3) is 0 Å². The Bertz CT molecular complexity index is 553. The van der Waals surface area contributed by atoms with Crippen molar-refractivity contribution < 1.29 is 28.6 Å². The van der Waals surface area contributed by atoms with E-state index in [-0.39, 0.29) is 6.61 Å². The molecule has 1 heterocycles. The molecule has 1 aliphatic rings. The van der Waals surface area contributed by atoms with E-state index in [1.807, 2.05) is 0 Å². The van der Waals surface area contributed by atoms with Crippen molar-refractivity contribution in [2.24, 2.45) is 0 Å². The molecule has 1 aliphatic heterocycles. The molecule has 0 bridgehead atoms. The average Bonchev–Trinajstić information content (AvgIpc) is 2.81. The maximum atomic E-state index is 11.8. The first-order chi connectivity index (χ1) is 10.0. The van der Waals surface area contributed by atoms with Gasteiger partial charge in [-0.25, -0.2) is 9.59 Å². The fourth-order valence-electron chi connectivity index (χ4n) is 2.00. The fourth-order valence-corrected chi connectivity index (χ4v) is 2.00. The molecule has 0 spiro atoms. The molecular formula is C14H15NO6. The zero-order chi connectivity index (χ0) is 15.4. The van der Waals surface area contributed by atoms with Crippen molar-refractivity contribution >= 4 is 18.0 Å². The van der Waals surface area contributed by atoms with Gasteiger partial charge in [-0.2, -0.15) is 0 Å². The maximum absolute atomic E-state index is 11.8. The fraction of sp³-hybridized carbons (Fsp3) is 0.357. The molecular weight excluding hydrogens is 278 g/mol. The van der Waals surface area contributed by atoms with E-state index >= 15 is 0 Å². The van der Waals surface area contributed by atoms with E-state index in [2.05, 4.69) is 5.32 Å². The average molecular weight is 293 g/mol. The monoisotopic (exact) mass is 293 g/mol. The zero-order valence-electron chi connectivity index (χ0n) is 11.6. The van der Waals surface area contributed by atoms with Crippen LogP contribution < -0.4 is 10.1 Å². The maximum Gasteiger partial charge on any atom is 0.408 e. The number of carbonyl (C=O) groups excluding carboxylic acids is 3. The van der Waals surface area contributed by atoms with Crippen molar-refractivity contribution in [3.05, 3.63) is 29.8 Å². The molecule has 0 unspecified atom stereocenters. The third kappa shape index (κ3) is 3.50. The molecule has 21 heavy (non-hydrogen) atoms. The van der Waals surface area contributed by atoms with Gasteiger partial charge in [-0.05, 0) is 24.6 Å². The van der Waals surface area contributed by atoms with Gasteiger partial charge in [0.1, 0.15) is 11.8 Å². The lowest BCUT2D eigenvalue weighted by atomic mass is 10.0. The van der Waals surface area contributed by atoms with E-state index in [9.17, 15) is 14.4 Å². The van der Waals surface area contributed by atoms with Crippen LogP contribution in [0, 0.1) is 0 Å². The van der Waals surface area contributed by atoms with E-state index in [1.54, 1.807) is 31.2 Å². The normalized spacial score (nSPS) is 20.4. The lowest BCUT2D eigenvalue weighted by Crippen LogP contribution is -2.30. The van der Waals surface area contributed by atoms with Crippen LogP contribution >= 0.6 is 0 Å². The minimum Gasteiger partial charge on any atom is -0.463 e. The van der Waals surface area contributed by atoms with Gasteiger partial charge in [0.15, 0.2) is 0 Å². The van der Waals surface area contributed by atoms with Crippen molar-refractivity contribution in [1.29, 1.82) is 0 Å². The lowest BCUT2D eigenvalue weighted by Gasteiger charge is -2.16. The Morgan fingerprint density at radius 2 is 1.95 bits per heavy atom. The van der Waals surface area contributed by atoms with Crippen LogP contribution in [-0.4, -0.2) is 30.7 Å². The summed E-state index contributed by atoms with van der Waals surface area (Å²) < 4.78 is 14.7. The Morgan fingerprint density at radius 1 is 1.29 bits per heavy atom. The third-order valence-corrected chi connectivity index (χ3v) is 2.83. The summed E-state index contributed by atoms with van der Waals surface area (Å²) in [5.41, 5.74) is 0.648. The first-order valence-corrected chi connectivity index (χ1v) is 6.43. The summed E-state index contributed by atoms with van der Waals surface area (Å²) in [6.07, 6.45) is -1.71. The van der Waals surface area contributed by atoms with Crippen LogP contribution in [0.25, 0.3) is 0 Å². The Morgan fingerprint density at radius 3 is 2.52 bits per heavy atom. The van der Waals surface area contributed by atoms with Gasteiger partial charge in [0, 0.05) is 6.92 Å². The molecule has 1 aromatic rings. The van der Waals surface area contributed by atoms with E-state index in [1.165, 1.54) is 6.92 Å². The summed E-state index contributed by atoms with van der Waals surface area (Å²) in [6, 6.07) is 5.80. The summed E-state index contributed by atoms with van der Waals surface area (Å²) in [4.78, 5) is 34.0. The van der Waals surface area contributed by atoms with Crippen LogP contribution in [0.15, 0.2) is 24.3 Å². The van der Waals surface area contributed by atoms with E-state index in [0.29, 0.717) is 11.3 Å². The molecule has 7 heteroatoms. The number of carbonyl (C=O) groups is 3. The molecule has 2 atom stereocenters. The first-order valence-electron chi connectivity index (χ1n) is 6.43. The highest BCUT2D eigenvalue weighted by Gasteiger charge is 2.41. The summed E-state index contributed by atoms with van der Waals surface area (Å²) in [7, 11) is 0. The SMILES string of the molecule is CCOC(=O)[C@@H]1OC(=O)N[C@H]1c1ccc(OC(C)=O)cc1. The molecule has 1 aromatic carbocycles. The van der Waals surface area contributed by atoms with E-state index < -0.39 is 30.2 Å². The highest BCUT2D eigenvalue weighted by atomic mass is 16.6. The van der Waals surface area contributed by atoms with E-state index in [4.69, 9.17) is 14.2 Å². The Balaban J connectivity index is 2.16. The lowest BCUT2D eigenvalue weighted by molar-refractivity contribution is -0.152. The standard InChI is InChI=1S/C14H15NO6/c1-3-19-13(17)12-11(15-14(18)21-12)9-4-6-10(7-5-9)20-8(2)16/h4-7,11-12H,3H2,1-2H3,(H,15,18)/t11-,12+/m0/s1. The van der Waals surface area contributed by atoms with Crippen molar-refractivity contribution in [2.45, 2.75) is 26.0 Å². The van der Waals surface area contributed by atoms with Crippen molar-refractivity contribution in [1.82, 2.24) is 5.32 Å². The quantitative estimate of drug-likeness (QED) is 0.665. The van der Waals surface area contributed by atoms with Crippen molar-refractivity contribution in [3.63, 3.8) is 0 Å². The number of esters is 2. The van der Waals surface area contributed by atoms with Crippen molar-refractivity contribution in [2.75, 3.05) is 6.61 Å². The number of hydrogen-bond donors (Lipinski definition) is 1. The number of rotatable bonds is 4. The van der Waals surface area contributed by atoms with Gasteiger partial charge in [0.2, 0.25) is 6.10 Å². The number of hydrogen-bond acceptors (Lipinski definition) is 6. The van der Waals surface area contributed by atoms with Crippen LogP contribution in [0.5, 0.6) is 5.75 Å². The molecule has 0 aromatic heterocycles. The van der Waals surface area contributed by atoms with Crippen LogP contribution in [0.2, 0.25) is 0 Å². The summed E-state index contributed by atoms with van der Waals surface area (Å²) in [5, 5.41) is 2.55. The van der Waals surface area contributed by atoms with Gasteiger partial charge in [0.05, 0.1) is 6.61 Å². The topological polar surface area (TPSA) is 90.9 Å². The highest BCUT2D eigenvalue weighted by Crippen LogP contribution is 2.27. The molecule has 1 saturated heterocycles. The minimum atomic E-state index is -1.03. The zero-order valence-corrected chi connectivity index (χ0v) is 11.6. The number of ether oxygens (including phenoxy) is 3. The summed E-state index contributed by atoms with van der Waals surface area (Å²) in [6.45, 7) is 3.17. The molecule has 0 radical (unpaired) electrons. The molecule has 1 fully saturated rings. The van der Waals surface area contributed by atoms with Gasteiger partial charge in [-0.1, -0.05) is 12.1 Å². The smallest absolute Gasteiger partial charge is 0.408 e. The number of cyclic esters (lactones) is 1.